The molecule has 0 saturated carbocycles. The largest absolute Gasteiger partial charge is 0.347 e. The van der Waals surface area contributed by atoms with E-state index in [0.29, 0.717) is 23.8 Å². The Balaban J connectivity index is 1.50. The lowest BCUT2D eigenvalue weighted by Crippen LogP contribution is -2.23. The minimum atomic E-state index is -0.197. The van der Waals surface area contributed by atoms with Crippen LogP contribution in [0.5, 0.6) is 0 Å². The van der Waals surface area contributed by atoms with Gasteiger partial charge in [-0.25, -0.2) is 4.98 Å². The fraction of sp³-hybridized carbons (Fsp3) is 0.333. The number of rotatable bonds is 11. The number of amides is 1. The smallest absolute Gasteiger partial charge is 0.269 e. The number of nitrogens with one attached hydrogen (secondary N) is 4. The summed E-state index contributed by atoms with van der Waals surface area (Å²) in [7, 11) is 0. The second-order valence-electron chi connectivity index (χ2n) is 9.81. The van der Waals surface area contributed by atoms with Gasteiger partial charge in [-0.3, -0.25) is 14.9 Å². The van der Waals surface area contributed by atoms with Crippen LogP contribution in [-0.2, 0) is 6.54 Å². The van der Waals surface area contributed by atoms with Crippen molar-refractivity contribution in [3.8, 4) is 22.6 Å². The van der Waals surface area contributed by atoms with E-state index in [1.165, 1.54) is 22.3 Å². The summed E-state index contributed by atoms with van der Waals surface area (Å²) >= 11 is 0. The van der Waals surface area contributed by atoms with Crippen molar-refractivity contribution >= 4 is 16.8 Å². The summed E-state index contributed by atoms with van der Waals surface area (Å²) in [4.78, 5) is 24.8. The van der Waals surface area contributed by atoms with Gasteiger partial charge in [0, 0.05) is 36.4 Å². The zero-order valence-corrected chi connectivity index (χ0v) is 22.9. The summed E-state index contributed by atoms with van der Waals surface area (Å²) in [5.41, 5.74) is 9.06. The summed E-state index contributed by atoms with van der Waals surface area (Å²) in [6.07, 6.45) is 11.7. The molecular formula is C30H37N7O. The highest BCUT2D eigenvalue weighted by Gasteiger charge is 2.16. The highest BCUT2D eigenvalue weighted by Crippen LogP contribution is 2.31. The Kier molecular flexibility index (Phi) is 8.86. The lowest BCUT2D eigenvalue weighted by atomic mass is 9.98. The Morgan fingerprint density at radius 1 is 1.11 bits per heavy atom. The number of hydrogen-bond acceptors (Lipinski definition) is 5. The molecule has 0 saturated heterocycles. The maximum atomic E-state index is 12.7. The molecule has 4 aromatic rings. The van der Waals surface area contributed by atoms with Crippen LogP contribution < -0.4 is 10.6 Å². The molecule has 0 radical (unpaired) electrons. The molecule has 0 atom stereocenters. The van der Waals surface area contributed by atoms with E-state index in [0.717, 1.165) is 48.0 Å². The number of nitrogens with zero attached hydrogens (tertiary/aromatic N) is 3. The number of aromatic amines is 2. The monoisotopic (exact) mass is 511 g/mol. The topological polar surface area (TPSA) is 111 Å². The second-order valence-corrected chi connectivity index (χ2v) is 9.81. The minimum Gasteiger partial charge on any atom is -0.347 e. The summed E-state index contributed by atoms with van der Waals surface area (Å²) in [6, 6.07) is 6.18. The Hall–Kier alpha value is -4.04. The van der Waals surface area contributed by atoms with Crippen LogP contribution in [0.3, 0.4) is 0 Å². The zero-order valence-electron chi connectivity index (χ0n) is 22.9. The van der Waals surface area contributed by atoms with Crippen LogP contribution in [0.4, 0.5) is 0 Å². The Labute approximate surface area is 224 Å². The summed E-state index contributed by atoms with van der Waals surface area (Å²) in [6.45, 7) is 12.7. The SMILES string of the molecule is CCNCc1cncc(-c2ccc3[nH]nc(-c4ncc(C(=O)NC/C=C(\C)CCC=C(C)C)[nH]4)c3c2)c1C. The minimum absolute atomic E-state index is 0.197. The summed E-state index contributed by atoms with van der Waals surface area (Å²) < 4.78 is 0. The van der Waals surface area contributed by atoms with Crippen LogP contribution in [0.2, 0.25) is 0 Å². The second kappa shape index (κ2) is 12.5. The lowest BCUT2D eigenvalue weighted by Gasteiger charge is -2.11. The summed E-state index contributed by atoms with van der Waals surface area (Å²) in [5, 5.41) is 14.8. The lowest BCUT2D eigenvalue weighted by molar-refractivity contribution is 0.0953. The number of carbonyl (C=O) groups excluding carboxylic acids is 1. The molecule has 198 valence electrons. The molecule has 4 N–H and O–H groups in total. The summed E-state index contributed by atoms with van der Waals surface area (Å²) in [5.74, 6) is 0.347. The van der Waals surface area contributed by atoms with E-state index in [1.54, 1.807) is 6.20 Å². The molecule has 0 aliphatic heterocycles. The molecule has 0 aliphatic rings. The first kappa shape index (κ1) is 27.0. The van der Waals surface area contributed by atoms with Crippen LogP contribution in [0.25, 0.3) is 33.5 Å². The average Bonchev–Trinajstić information content (AvgIpc) is 3.55. The Bertz CT molecular complexity index is 1470. The van der Waals surface area contributed by atoms with Gasteiger partial charge in [0.15, 0.2) is 5.82 Å². The van der Waals surface area contributed by atoms with E-state index >= 15 is 0 Å². The van der Waals surface area contributed by atoms with Crippen molar-refractivity contribution in [1.82, 2.24) is 35.8 Å². The molecule has 1 amide bonds. The Morgan fingerprint density at radius 2 is 1.95 bits per heavy atom. The van der Waals surface area contributed by atoms with Gasteiger partial charge in [0.25, 0.3) is 5.91 Å². The third kappa shape index (κ3) is 6.44. The van der Waals surface area contributed by atoms with E-state index in [-0.39, 0.29) is 5.91 Å². The number of pyridine rings is 1. The van der Waals surface area contributed by atoms with Crippen LogP contribution in [-0.4, -0.2) is 44.1 Å². The molecule has 0 fully saturated rings. The van der Waals surface area contributed by atoms with Crippen molar-refractivity contribution in [2.75, 3.05) is 13.1 Å². The quantitative estimate of drug-likeness (QED) is 0.189. The van der Waals surface area contributed by atoms with Gasteiger partial charge in [-0.15, -0.1) is 0 Å². The van der Waals surface area contributed by atoms with E-state index in [2.05, 4.69) is 94.7 Å². The van der Waals surface area contributed by atoms with Gasteiger partial charge < -0.3 is 15.6 Å². The Morgan fingerprint density at radius 3 is 2.74 bits per heavy atom. The molecule has 0 bridgehead atoms. The van der Waals surface area contributed by atoms with E-state index in [1.807, 2.05) is 18.5 Å². The number of carbonyl (C=O) groups is 1. The number of fused-ring (bicyclic) bond motifs is 1. The first-order valence-electron chi connectivity index (χ1n) is 13.1. The maximum Gasteiger partial charge on any atom is 0.269 e. The van der Waals surface area contributed by atoms with Gasteiger partial charge in [-0.2, -0.15) is 5.10 Å². The molecule has 0 unspecified atom stereocenters. The van der Waals surface area contributed by atoms with Gasteiger partial charge in [-0.1, -0.05) is 36.3 Å². The van der Waals surface area contributed by atoms with Gasteiger partial charge >= 0.3 is 0 Å². The zero-order chi connectivity index (χ0) is 27.1. The number of hydrogen-bond donors (Lipinski definition) is 4. The number of aromatic nitrogens is 5. The van der Waals surface area contributed by atoms with E-state index < -0.39 is 0 Å². The molecular weight excluding hydrogens is 474 g/mol. The van der Waals surface area contributed by atoms with Crippen molar-refractivity contribution in [1.29, 1.82) is 0 Å². The fourth-order valence-corrected chi connectivity index (χ4v) is 4.32. The number of imidazole rings is 1. The van der Waals surface area contributed by atoms with Crippen molar-refractivity contribution in [2.24, 2.45) is 0 Å². The predicted octanol–water partition coefficient (Wildman–Crippen LogP) is 5.86. The maximum absolute atomic E-state index is 12.7. The number of allylic oxidation sites excluding steroid dienone is 3. The molecule has 4 rings (SSSR count). The molecule has 3 heterocycles. The van der Waals surface area contributed by atoms with E-state index in [9.17, 15) is 4.79 Å². The van der Waals surface area contributed by atoms with Crippen molar-refractivity contribution in [2.45, 2.75) is 54.0 Å². The van der Waals surface area contributed by atoms with Gasteiger partial charge in [-0.05, 0) is 75.9 Å². The molecule has 0 aliphatic carbocycles. The van der Waals surface area contributed by atoms with Gasteiger partial charge in [0.1, 0.15) is 11.4 Å². The normalized spacial score (nSPS) is 11.7. The highest BCUT2D eigenvalue weighted by atomic mass is 16.1. The fourth-order valence-electron chi connectivity index (χ4n) is 4.32. The number of H-pyrrole nitrogens is 2. The van der Waals surface area contributed by atoms with Crippen molar-refractivity contribution < 1.29 is 4.79 Å². The van der Waals surface area contributed by atoms with Gasteiger partial charge in [0.2, 0.25) is 0 Å². The molecule has 1 aromatic carbocycles. The molecule has 3 aromatic heterocycles. The van der Waals surface area contributed by atoms with Crippen LogP contribution >= 0.6 is 0 Å². The third-order valence-electron chi connectivity index (χ3n) is 6.61. The molecule has 0 spiro atoms. The van der Waals surface area contributed by atoms with Crippen LogP contribution in [0.1, 0.15) is 62.2 Å². The standard InChI is InChI=1S/C30H37N7O/c1-6-31-15-23-16-32-17-25(21(23)5)22-10-11-26-24(14-22)28(37-36-26)29-34-18-27(35-29)30(38)33-13-12-20(4)9-7-8-19(2)3/h8,10-12,14,16-18,31H,6-7,9,13,15H2,1-5H3,(H,33,38)(H,34,35)(H,36,37)/b20-12+. The van der Waals surface area contributed by atoms with Crippen molar-refractivity contribution in [3.63, 3.8) is 0 Å². The van der Waals surface area contributed by atoms with Gasteiger partial charge in [0.05, 0.1) is 11.7 Å². The van der Waals surface area contributed by atoms with Crippen LogP contribution in [0.15, 0.2) is 60.1 Å². The van der Waals surface area contributed by atoms with Crippen LogP contribution in [0, 0.1) is 6.92 Å². The van der Waals surface area contributed by atoms with Crippen molar-refractivity contribution in [3.05, 3.63) is 76.9 Å². The first-order valence-corrected chi connectivity index (χ1v) is 13.1. The third-order valence-corrected chi connectivity index (χ3v) is 6.61. The molecule has 8 heteroatoms. The number of benzene rings is 1. The highest BCUT2D eigenvalue weighted by molar-refractivity contribution is 5.96. The molecule has 8 nitrogen and oxygen atoms in total. The average molecular weight is 512 g/mol. The first-order chi connectivity index (χ1) is 18.4. The van der Waals surface area contributed by atoms with E-state index in [4.69, 9.17) is 0 Å². The molecule has 38 heavy (non-hydrogen) atoms. The predicted molar refractivity (Wildman–Crippen MR) is 154 cm³/mol.